The Morgan fingerprint density at radius 2 is 1.76 bits per heavy atom. The van der Waals surface area contributed by atoms with Gasteiger partial charge in [0.05, 0.1) is 27.8 Å². The second kappa shape index (κ2) is 10.2. The van der Waals surface area contributed by atoms with Gasteiger partial charge in [0.15, 0.2) is 0 Å². The summed E-state index contributed by atoms with van der Waals surface area (Å²) >= 11 is 4.77. The van der Waals surface area contributed by atoms with Gasteiger partial charge in [0.1, 0.15) is 5.75 Å². The number of hydrazone groups is 1. The van der Waals surface area contributed by atoms with Gasteiger partial charge in [-0.05, 0) is 24.3 Å². The predicted molar refractivity (Wildman–Crippen MR) is 133 cm³/mol. The van der Waals surface area contributed by atoms with E-state index in [1.54, 1.807) is 18.2 Å². The highest BCUT2D eigenvalue weighted by molar-refractivity contribution is 9.10. The van der Waals surface area contributed by atoms with E-state index in [1.165, 1.54) is 23.6 Å². The lowest BCUT2D eigenvalue weighted by Gasteiger charge is -2.09. The topological polar surface area (TPSA) is 133 Å². The molecule has 0 bridgehead atoms. The minimum absolute atomic E-state index is 0.132. The highest BCUT2D eigenvalue weighted by Gasteiger charge is 2.22. The van der Waals surface area contributed by atoms with E-state index in [0.717, 1.165) is 27.9 Å². The molecule has 34 heavy (non-hydrogen) atoms. The van der Waals surface area contributed by atoms with Gasteiger partial charge in [-0.25, -0.2) is 4.98 Å². The molecule has 0 unspecified atom stereocenters. The average Bonchev–Trinajstić information content (AvgIpc) is 3.30. The molecule has 4 aromatic rings. The second-order valence-electron chi connectivity index (χ2n) is 6.72. The molecule has 0 fully saturated rings. The summed E-state index contributed by atoms with van der Waals surface area (Å²) in [6.45, 7) is 0. The number of ether oxygens (including phenoxy) is 1. The van der Waals surface area contributed by atoms with Crippen LogP contribution in [0.1, 0.15) is 5.56 Å². The van der Waals surface area contributed by atoms with Gasteiger partial charge in [0.2, 0.25) is 10.9 Å². The number of benzene rings is 3. The van der Waals surface area contributed by atoms with E-state index in [9.17, 15) is 20.2 Å². The van der Waals surface area contributed by atoms with E-state index >= 15 is 0 Å². The third kappa shape index (κ3) is 5.42. The maximum Gasteiger partial charge on any atom is 0.318 e. The number of hydrogen-bond acceptors (Lipinski definition) is 9. The highest BCUT2D eigenvalue weighted by atomic mass is 79.9. The lowest BCUT2D eigenvalue weighted by molar-refractivity contribution is -0.394. The zero-order valence-corrected chi connectivity index (χ0v) is 19.5. The molecule has 0 aliphatic carbocycles. The van der Waals surface area contributed by atoms with Crippen molar-refractivity contribution in [1.82, 2.24) is 4.98 Å². The molecule has 1 N–H and O–H groups in total. The van der Waals surface area contributed by atoms with Crippen molar-refractivity contribution >= 4 is 50.0 Å². The standard InChI is InChI=1S/C22H14BrN5O5S/c23-16-6-8-20(33-21-9-7-17(27(29)30)11-19(21)28(31)32)15(10-16)12-24-26-22-25-18(13-34-22)14-4-2-1-3-5-14/h1-13H,(H,25,26). The molecule has 1 aromatic heterocycles. The second-order valence-corrected chi connectivity index (χ2v) is 8.50. The molecule has 10 nitrogen and oxygen atoms in total. The summed E-state index contributed by atoms with van der Waals surface area (Å²) in [5.74, 6) is 0.141. The van der Waals surface area contributed by atoms with Gasteiger partial charge in [-0.2, -0.15) is 5.10 Å². The van der Waals surface area contributed by atoms with Crippen molar-refractivity contribution in [3.05, 3.63) is 102 Å². The SMILES string of the molecule is O=[N+]([O-])c1ccc(Oc2ccc(Br)cc2C=NNc2nc(-c3ccccc3)cs2)c([N+](=O)[O-])c1. The van der Waals surface area contributed by atoms with Crippen LogP contribution in [0.2, 0.25) is 0 Å². The molecule has 170 valence electrons. The van der Waals surface area contributed by atoms with Crippen LogP contribution in [0.5, 0.6) is 11.5 Å². The van der Waals surface area contributed by atoms with E-state index in [1.807, 2.05) is 35.7 Å². The molecule has 0 atom stereocenters. The Labute approximate surface area is 205 Å². The maximum atomic E-state index is 11.4. The zero-order valence-electron chi connectivity index (χ0n) is 17.1. The summed E-state index contributed by atoms with van der Waals surface area (Å²) in [5, 5.41) is 29.1. The van der Waals surface area contributed by atoms with E-state index in [4.69, 9.17) is 4.74 Å². The normalized spacial score (nSPS) is 10.9. The number of nitrogens with zero attached hydrogens (tertiary/aromatic N) is 4. The van der Waals surface area contributed by atoms with Crippen LogP contribution >= 0.6 is 27.3 Å². The molecule has 0 spiro atoms. The highest BCUT2D eigenvalue weighted by Crippen LogP contribution is 2.36. The quantitative estimate of drug-likeness (QED) is 0.151. The average molecular weight is 540 g/mol. The smallest absolute Gasteiger partial charge is 0.318 e. The lowest BCUT2D eigenvalue weighted by atomic mass is 10.2. The summed E-state index contributed by atoms with van der Waals surface area (Å²) in [5.41, 5.74) is 4.26. The Morgan fingerprint density at radius 1 is 1.00 bits per heavy atom. The molecule has 0 amide bonds. The first-order chi connectivity index (χ1) is 16.4. The molecule has 3 aromatic carbocycles. The van der Waals surface area contributed by atoms with Crippen molar-refractivity contribution in [2.45, 2.75) is 0 Å². The number of rotatable bonds is 8. The molecule has 4 rings (SSSR count). The Hall–Kier alpha value is -4.16. The molecule has 1 heterocycles. The Bertz CT molecular complexity index is 1390. The number of nitro groups is 2. The predicted octanol–water partition coefficient (Wildman–Crippen LogP) is 6.63. The Morgan fingerprint density at radius 3 is 2.50 bits per heavy atom. The molecular weight excluding hydrogens is 526 g/mol. The monoisotopic (exact) mass is 539 g/mol. The minimum Gasteiger partial charge on any atom is -0.449 e. The van der Waals surface area contributed by atoms with Gasteiger partial charge in [-0.15, -0.1) is 11.3 Å². The van der Waals surface area contributed by atoms with Crippen LogP contribution in [0, 0.1) is 20.2 Å². The number of hydrogen-bond donors (Lipinski definition) is 1. The van der Waals surface area contributed by atoms with Crippen LogP contribution in [0.4, 0.5) is 16.5 Å². The Balaban J connectivity index is 1.55. The van der Waals surface area contributed by atoms with Gasteiger partial charge in [0, 0.05) is 27.0 Å². The van der Waals surface area contributed by atoms with Gasteiger partial charge in [0.25, 0.3) is 5.69 Å². The van der Waals surface area contributed by atoms with Crippen molar-refractivity contribution in [3.8, 4) is 22.8 Å². The fourth-order valence-electron chi connectivity index (χ4n) is 2.90. The van der Waals surface area contributed by atoms with Crippen LogP contribution in [0.15, 0.2) is 81.7 Å². The summed E-state index contributed by atoms with van der Waals surface area (Å²) in [7, 11) is 0. The van der Waals surface area contributed by atoms with Crippen LogP contribution in [-0.4, -0.2) is 21.0 Å². The van der Waals surface area contributed by atoms with Gasteiger partial charge in [-0.3, -0.25) is 25.7 Å². The minimum atomic E-state index is -0.733. The van der Waals surface area contributed by atoms with Crippen molar-refractivity contribution in [1.29, 1.82) is 0 Å². The summed E-state index contributed by atoms with van der Waals surface area (Å²) < 4.78 is 6.48. The van der Waals surface area contributed by atoms with E-state index in [0.29, 0.717) is 10.7 Å². The van der Waals surface area contributed by atoms with Gasteiger partial charge < -0.3 is 4.74 Å². The fourth-order valence-corrected chi connectivity index (χ4v) is 3.95. The zero-order chi connectivity index (χ0) is 24.1. The number of non-ortho nitro benzene ring substituents is 1. The fraction of sp³-hybridized carbons (Fsp3) is 0. The first kappa shape index (κ1) is 23.0. The summed E-state index contributed by atoms with van der Waals surface area (Å²) in [6, 6.07) is 17.9. The van der Waals surface area contributed by atoms with Crippen LogP contribution in [0.3, 0.4) is 0 Å². The third-order valence-electron chi connectivity index (χ3n) is 4.48. The summed E-state index contributed by atoms with van der Waals surface area (Å²) in [4.78, 5) is 25.4. The van der Waals surface area contributed by atoms with Crippen molar-refractivity contribution < 1.29 is 14.6 Å². The first-order valence-electron chi connectivity index (χ1n) is 9.61. The van der Waals surface area contributed by atoms with Gasteiger partial charge >= 0.3 is 5.69 Å². The lowest BCUT2D eigenvalue weighted by Crippen LogP contribution is -1.98. The Kier molecular flexibility index (Phi) is 6.90. The number of anilines is 1. The molecule has 0 radical (unpaired) electrons. The van der Waals surface area contributed by atoms with Crippen LogP contribution < -0.4 is 10.2 Å². The first-order valence-corrected chi connectivity index (χ1v) is 11.3. The largest absolute Gasteiger partial charge is 0.449 e. The molecule has 0 saturated heterocycles. The van der Waals surface area contributed by atoms with E-state index < -0.39 is 21.2 Å². The van der Waals surface area contributed by atoms with E-state index in [-0.39, 0.29) is 11.5 Å². The van der Waals surface area contributed by atoms with Gasteiger partial charge in [-0.1, -0.05) is 46.3 Å². The third-order valence-corrected chi connectivity index (χ3v) is 5.72. The molecule has 0 aliphatic heterocycles. The molecule has 0 aliphatic rings. The van der Waals surface area contributed by atoms with Crippen LogP contribution in [0.25, 0.3) is 11.3 Å². The number of thiazole rings is 1. The van der Waals surface area contributed by atoms with Crippen molar-refractivity contribution in [2.75, 3.05) is 5.43 Å². The van der Waals surface area contributed by atoms with Crippen molar-refractivity contribution in [2.24, 2.45) is 5.10 Å². The molecular formula is C22H14BrN5O5S. The number of aromatic nitrogens is 1. The van der Waals surface area contributed by atoms with Crippen molar-refractivity contribution in [3.63, 3.8) is 0 Å². The van der Waals surface area contributed by atoms with E-state index in [2.05, 4.69) is 31.4 Å². The number of nitro benzene ring substituents is 2. The number of nitrogens with one attached hydrogen (secondary N) is 1. The van der Waals surface area contributed by atoms with Crippen LogP contribution in [-0.2, 0) is 0 Å². The molecule has 12 heteroatoms. The summed E-state index contributed by atoms with van der Waals surface area (Å²) in [6.07, 6.45) is 1.49. The maximum absolute atomic E-state index is 11.4. The number of halogens is 1. The molecule has 0 saturated carbocycles.